The van der Waals surface area contributed by atoms with Crippen LogP contribution >= 0.6 is 15.9 Å². The Morgan fingerprint density at radius 2 is 2.24 bits per heavy atom. The number of rotatable bonds is 4. The largest absolute Gasteiger partial charge is 0.477 e. The number of hydrazine groups is 1. The maximum atomic E-state index is 13.4. The Balaban J connectivity index is 2.97. The molecule has 1 atom stereocenters. The van der Waals surface area contributed by atoms with Gasteiger partial charge in [-0.25, -0.2) is 10.2 Å². The first-order valence-electron chi connectivity index (χ1n) is 4.81. The third kappa shape index (κ3) is 3.37. The standard InChI is InChI=1S/C10H11BrF2N2O2/c1-2-7(10(16)15-14)17-8-4-5(11)3-6(12)9(8)13/h3-4,7H,2,14H2,1H3,(H,15,16). The molecule has 1 amide bonds. The van der Waals surface area contributed by atoms with Crippen molar-refractivity contribution >= 4 is 21.8 Å². The fourth-order valence-corrected chi connectivity index (χ4v) is 1.60. The number of ether oxygens (including phenoxy) is 1. The van der Waals surface area contributed by atoms with Crippen LogP contribution in [0.3, 0.4) is 0 Å². The van der Waals surface area contributed by atoms with Gasteiger partial charge in [0.1, 0.15) is 0 Å². The molecule has 0 aliphatic rings. The number of hydrogen-bond donors (Lipinski definition) is 2. The summed E-state index contributed by atoms with van der Waals surface area (Å²) in [4.78, 5) is 11.2. The monoisotopic (exact) mass is 308 g/mol. The highest BCUT2D eigenvalue weighted by Crippen LogP contribution is 2.26. The second-order valence-electron chi connectivity index (χ2n) is 3.22. The second kappa shape index (κ2) is 5.92. The third-order valence-electron chi connectivity index (χ3n) is 2.03. The van der Waals surface area contributed by atoms with E-state index in [-0.39, 0.29) is 12.2 Å². The lowest BCUT2D eigenvalue weighted by Gasteiger charge is -2.16. The van der Waals surface area contributed by atoms with E-state index in [2.05, 4.69) is 15.9 Å². The zero-order valence-electron chi connectivity index (χ0n) is 8.97. The highest BCUT2D eigenvalue weighted by atomic mass is 79.9. The fraction of sp³-hybridized carbons (Fsp3) is 0.300. The van der Waals surface area contributed by atoms with Crippen LogP contribution in [-0.4, -0.2) is 12.0 Å². The molecule has 3 N–H and O–H groups in total. The molecule has 17 heavy (non-hydrogen) atoms. The number of benzene rings is 1. The summed E-state index contributed by atoms with van der Waals surface area (Å²) >= 11 is 3.00. The van der Waals surface area contributed by atoms with Crippen molar-refractivity contribution in [2.45, 2.75) is 19.4 Å². The van der Waals surface area contributed by atoms with Crippen molar-refractivity contribution in [2.24, 2.45) is 5.84 Å². The number of halogens is 3. The van der Waals surface area contributed by atoms with Crippen LogP contribution in [0.25, 0.3) is 0 Å². The van der Waals surface area contributed by atoms with Gasteiger partial charge in [-0.05, 0) is 18.6 Å². The predicted molar refractivity (Wildman–Crippen MR) is 61.1 cm³/mol. The minimum absolute atomic E-state index is 0.274. The van der Waals surface area contributed by atoms with Crippen LogP contribution < -0.4 is 16.0 Å². The molecule has 0 aromatic heterocycles. The van der Waals surface area contributed by atoms with Crippen LogP contribution in [0.5, 0.6) is 5.75 Å². The Morgan fingerprint density at radius 1 is 1.59 bits per heavy atom. The molecule has 1 aromatic carbocycles. The molecule has 0 aliphatic carbocycles. The molecular weight excluding hydrogens is 298 g/mol. The van der Waals surface area contributed by atoms with Crippen LogP contribution in [-0.2, 0) is 4.79 Å². The van der Waals surface area contributed by atoms with Crippen molar-refractivity contribution < 1.29 is 18.3 Å². The van der Waals surface area contributed by atoms with E-state index in [1.807, 2.05) is 5.43 Å². The van der Waals surface area contributed by atoms with E-state index < -0.39 is 23.6 Å². The van der Waals surface area contributed by atoms with Crippen molar-refractivity contribution in [3.05, 3.63) is 28.2 Å². The summed E-state index contributed by atoms with van der Waals surface area (Å²) in [5, 5.41) is 0. The van der Waals surface area contributed by atoms with Gasteiger partial charge < -0.3 is 4.74 Å². The van der Waals surface area contributed by atoms with Gasteiger partial charge in [0, 0.05) is 4.47 Å². The minimum Gasteiger partial charge on any atom is -0.477 e. The lowest BCUT2D eigenvalue weighted by atomic mass is 10.2. The SMILES string of the molecule is CCC(Oc1cc(Br)cc(F)c1F)C(=O)NN. The average molecular weight is 309 g/mol. The summed E-state index contributed by atoms with van der Waals surface area (Å²) in [6.45, 7) is 1.66. The summed E-state index contributed by atoms with van der Waals surface area (Å²) in [7, 11) is 0. The van der Waals surface area contributed by atoms with Gasteiger partial charge in [0.25, 0.3) is 5.91 Å². The zero-order valence-corrected chi connectivity index (χ0v) is 10.6. The van der Waals surface area contributed by atoms with Crippen LogP contribution in [0, 0.1) is 11.6 Å². The zero-order chi connectivity index (χ0) is 13.0. The van der Waals surface area contributed by atoms with Crippen LogP contribution in [0.1, 0.15) is 13.3 Å². The van der Waals surface area contributed by atoms with E-state index in [0.29, 0.717) is 4.47 Å². The molecule has 0 heterocycles. The van der Waals surface area contributed by atoms with Gasteiger partial charge in [-0.2, -0.15) is 4.39 Å². The second-order valence-corrected chi connectivity index (χ2v) is 4.14. The van der Waals surface area contributed by atoms with Crippen molar-refractivity contribution in [2.75, 3.05) is 0 Å². The van der Waals surface area contributed by atoms with Crippen molar-refractivity contribution in [1.82, 2.24) is 5.43 Å². The molecule has 0 radical (unpaired) electrons. The van der Waals surface area contributed by atoms with Gasteiger partial charge >= 0.3 is 0 Å². The lowest BCUT2D eigenvalue weighted by molar-refractivity contribution is -0.128. The predicted octanol–water partition coefficient (Wildman–Crippen LogP) is 1.87. The van der Waals surface area contributed by atoms with E-state index in [1.54, 1.807) is 6.92 Å². The smallest absolute Gasteiger partial charge is 0.274 e. The average Bonchev–Trinajstić information content (AvgIpc) is 2.30. The highest BCUT2D eigenvalue weighted by Gasteiger charge is 2.20. The van der Waals surface area contributed by atoms with E-state index >= 15 is 0 Å². The van der Waals surface area contributed by atoms with E-state index in [1.165, 1.54) is 6.07 Å². The molecular formula is C10H11BrF2N2O2. The van der Waals surface area contributed by atoms with Gasteiger partial charge in [-0.3, -0.25) is 10.2 Å². The molecule has 0 aliphatic heterocycles. The number of carbonyl (C=O) groups excluding carboxylic acids is 1. The Bertz CT molecular complexity index is 429. The Kier molecular flexibility index (Phi) is 4.83. The number of nitrogens with one attached hydrogen (secondary N) is 1. The summed E-state index contributed by atoms with van der Waals surface area (Å²) in [6.07, 6.45) is -0.695. The normalized spacial score (nSPS) is 12.1. The third-order valence-corrected chi connectivity index (χ3v) is 2.49. The molecule has 0 saturated carbocycles. The summed E-state index contributed by atoms with van der Waals surface area (Å²) in [5.74, 6) is 1.80. The maximum Gasteiger partial charge on any atom is 0.274 e. The Labute approximate surface area is 105 Å². The topological polar surface area (TPSA) is 64.3 Å². The molecule has 1 unspecified atom stereocenters. The van der Waals surface area contributed by atoms with E-state index in [4.69, 9.17) is 10.6 Å². The minimum atomic E-state index is -1.14. The first kappa shape index (κ1) is 13.9. The van der Waals surface area contributed by atoms with Crippen molar-refractivity contribution in [1.29, 1.82) is 0 Å². The first-order chi connectivity index (χ1) is 7.99. The molecule has 0 bridgehead atoms. The van der Waals surface area contributed by atoms with Crippen molar-refractivity contribution in [3.63, 3.8) is 0 Å². The van der Waals surface area contributed by atoms with Gasteiger partial charge in [-0.15, -0.1) is 0 Å². The Hall–Kier alpha value is -1.21. The molecule has 1 aromatic rings. The molecule has 1 rings (SSSR count). The molecule has 94 valence electrons. The summed E-state index contributed by atoms with van der Waals surface area (Å²) < 4.78 is 31.8. The number of hydrogen-bond acceptors (Lipinski definition) is 3. The Morgan fingerprint density at radius 3 is 2.76 bits per heavy atom. The van der Waals surface area contributed by atoms with Gasteiger partial charge in [0.2, 0.25) is 5.82 Å². The van der Waals surface area contributed by atoms with Gasteiger partial charge in [0.15, 0.2) is 17.7 Å². The lowest BCUT2D eigenvalue weighted by Crippen LogP contribution is -2.41. The molecule has 0 fully saturated rings. The molecule has 7 heteroatoms. The molecule has 0 spiro atoms. The quantitative estimate of drug-likeness (QED) is 0.386. The van der Waals surface area contributed by atoms with Crippen molar-refractivity contribution in [3.8, 4) is 5.75 Å². The number of amides is 1. The van der Waals surface area contributed by atoms with E-state index in [9.17, 15) is 13.6 Å². The number of carbonyl (C=O) groups is 1. The highest BCUT2D eigenvalue weighted by molar-refractivity contribution is 9.10. The van der Waals surface area contributed by atoms with Crippen LogP contribution in [0.4, 0.5) is 8.78 Å². The molecule has 4 nitrogen and oxygen atoms in total. The van der Waals surface area contributed by atoms with Crippen LogP contribution in [0.15, 0.2) is 16.6 Å². The number of nitrogens with two attached hydrogens (primary N) is 1. The summed E-state index contributed by atoms with van der Waals surface area (Å²) in [6, 6.07) is 2.21. The van der Waals surface area contributed by atoms with E-state index in [0.717, 1.165) is 6.07 Å². The molecule has 0 saturated heterocycles. The maximum absolute atomic E-state index is 13.4. The summed E-state index contributed by atoms with van der Waals surface area (Å²) in [5.41, 5.74) is 1.89. The first-order valence-corrected chi connectivity index (χ1v) is 5.60. The van der Waals surface area contributed by atoms with Crippen LogP contribution in [0.2, 0.25) is 0 Å². The fourth-order valence-electron chi connectivity index (χ4n) is 1.19. The van der Waals surface area contributed by atoms with Gasteiger partial charge in [-0.1, -0.05) is 22.9 Å². The van der Waals surface area contributed by atoms with Gasteiger partial charge in [0.05, 0.1) is 0 Å².